The third-order valence-electron chi connectivity index (χ3n) is 3.95. The van der Waals surface area contributed by atoms with Gasteiger partial charge in [-0.15, -0.1) is 0 Å². The summed E-state index contributed by atoms with van der Waals surface area (Å²) in [6, 6.07) is 13.6. The molecule has 0 radical (unpaired) electrons. The van der Waals surface area contributed by atoms with E-state index in [1.807, 2.05) is 18.2 Å². The van der Waals surface area contributed by atoms with Gasteiger partial charge in [0.1, 0.15) is 5.69 Å². The monoisotopic (exact) mass is 311 g/mol. The molecule has 2 aromatic rings. The lowest BCUT2D eigenvalue weighted by atomic mass is 10.1. The molecule has 1 saturated heterocycles. The fourth-order valence-corrected chi connectivity index (χ4v) is 2.65. The van der Waals surface area contributed by atoms with Gasteiger partial charge < -0.3 is 10.1 Å². The fraction of sp³-hybridized carbons (Fsp3) is 0.333. The number of aromatic nitrogens is 1. The SMILES string of the molecule is O=C(NCc1ccccc1CN1CCOCC1)c1ccccn1. The molecule has 1 aromatic carbocycles. The van der Waals surface area contributed by atoms with E-state index < -0.39 is 0 Å². The fourth-order valence-electron chi connectivity index (χ4n) is 2.65. The highest BCUT2D eigenvalue weighted by Crippen LogP contribution is 2.13. The Balaban J connectivity index is 1.62. The Labute approximate surface area is 136 Å². The highest BCUT2D eigenvalue weighted by molar-refractivity contribution is 5.92. The Morgan fingerprint density at radius 3 is 2.57 bits per heavy atom. The summed E-state index contributed by atoms with van der Waals surface area (Å²) in [5.74, 6) is -0.147. The lowest BCUT2D eigenvalue weighted by molar-refractivity contribution is 0.0340. The van der Waals surface area contributed by atoms with Gasteiger partial charge in [-0.1, -0.05) is 30.3 Å². The van der Waals surface area contributed by atoms with Crippen molar-refractivity contribution in [2.24, 2.45) is 0 Å². The number of hydrogen-bond acceptors (Lipinski definition) is 4. The van der Waals surface area contributed by atoms with Gasteiger partial charge in [0.2, 0.25) is 0 Å². The molecule has 0 saturated carbocycles. The van der Waals surface area contributed by atoms with E-state index in [0.29, 0.717) is 12.2 Å². The van der Waals surface area contributed by atoms with Gasteiger partial charge in [-0.25, -0.2) is 0 Å². The maximum Gasteiger partial charge on any atom is 0.270 e. The Morgan fingerprint density at radius 1 is 1.09 bits per heavy atom. The van der Waals surface area contributed by atoms with Crippen LogP contribution in [0.2, 0.25) is 0 Å². The van der Waals surface area contributed by atoms with Crippen molar-refractivity contribution in [3.05, 3.63) is 65.5 Å². The van der Waals surface area contributed by atoms with E-state index in [4.69, 9.17) is 4.74 Å². The largest absolute Gasteiger partial charge is 0.379 e. The van der Waals surface area contributed by atoms with Gasteiger partial charge in [-0.05, 0) is 23.3 Å². The average molecular weight is 311 g/mol. The minimum atomic E-state index is -0.147. The van der Waals surface area contributed by atoms with Crippen LogP contribution in [0, 0.1) is 0 Å². The number of nitrogens with one attached hydrogen (secondary N) is 1. The number of carbonyl (C=O) groups is 1. The van der Waals surface area contributed by atoms with Gasteiger partial charge in [-0.3, -0.25) is 14.7 Å². The first-order valence-corrected chi connectivity index (χ1v) is 7.89. The molecule has 1 aliphatic heterocycles. The van der Waals surface area contributed by atoms with Crippen molar-refractivity contribution in [3.8, 4) is 0 Å². The van der Waals surface area contributed by atoms with Crippen LogP contribution in [0.15, 0.2) is 48.7 Å². The molecular formula is C18H21N3O2. The topological polar surface area (TPSA) is 54.5 Å². The normalized spacial score (nSPS) is 15.3. The van der Waals surface area contributed by atoms with E-state index in [9.17, 15) is 4.79 Å². The van der Waals surface area contributed by atoms with Gasteiger partial charge in [0.15, 0.2) is 0 Å². The number of carbonyl (C=O) groups excluding carboxylic acids is 1. The summed E-state index contributed by atoms with van der Waals surface area (Å²) >= 11 is 0. The first kappa shape index (κ1) is 15.6. The highest BCUT2D eigenvalue weighted by atomic mass is 16.5. The third kappa shape index (κ3) is 4.37. The summed E-state index contributed by atoms with van der Waals surface area (Å²) in [4.78, 5) is 18.6. The van der Waals surface area contributed by atoms with Crippen LogP contribution in [-0.4, -0.2) is 42.1 Å². The van der Waals surface area contributed by atoms with Crippen molar-refractivity contribution in [3.63, 3.8) is 0 Å². The molecule has 0 bridgehead atoms. The lowest BCUT2D eigenvalue weighted by Gasteiger charge is -2.27. The third-order valence-corrected chi connectivity index (χ3v) is 3.95. The van der Waals surface area contributed by atoms with Gasteiger partial charge in [0, 0.05) is 32.4 Å². The van der Waals surface area contributed by atoms with Gasteiger partial charge >= 0.3 is 0 Å². The van der Waals surface area contributed by atoms with Gasteiger partial charge in [0.25, 0.3) is 5.91 Å². The second-order valence-electron chi connectivity index (χ2n) is 5.55. The molecule has 1 amide bonds. The molecule has 5 heteroatoms. The quantitative estimate of drug-likeness (QED) is 0.915. The molecule has 3 rings (SSSR count). The van der Waals surface area contributed by atoms with Crippen LogP contribution in [-0.2, 0) is 17.8 Å². The van der Waals surface area contributed by atoms with Crippen LogP contribution in [0.5, 0.6) is 0 Å². The number of rotatable bonds is 5. The zero-order valence-corrected chi connectivity index (χ0v) is 13.1. The Morgan fingerprint density at radius 2 is 1.83 bits per heavy atom. The van der Waals surface area contributed by atoms with E-state index >= 15 is 0 Å². The number of ether oxygens (including phenoxy) is 1. The van der Waals surface area contributed by atoms with Crippen LogP contribution in [0.25, 0.3) is 0 Å². The first-order chi connectivity index (χ1) is 11.3. The molecule has 5 nitrogen and oxygen atoms in total. The van der Waals surface area contributed by atoms with Crippen LogP contribution < -0.4 is 5.32 Å². The summed E-state index contributed by atoms with van der Waals surface area (Å²) in [5, 5.41) is 2.95. The molecule has 1 aliphatic rings. The predicted molar refractivity (Wildman–Crippen MR) is 87.9 cm³/mol. The van der Waals surface area contributed by atoms with Crippen LogP contribution in [0.3, 0.4) is 0 Å². The number of hydrogen-bond donors (Lipinski definition) is 1. The zero-order valence-electron chi connectivity index (χ0n) is 13.1. The Kier molecular flexibility index (Phi) is 5.34. The summed E-state index contributed by atoms with van der Waals surface area (Å²) in [7, 11) is 0. The first-order valence-electron chi connectivity index (χ1n) is 7.89. The molecule has 120 valence electrons. The maximum atomic E-state index is 12.1. The molecule has 0 atom stereocenters. The zero-order chi connectivity index (χ0) is 15.9. The van der Waals surface area contributed by atoms with E-state index in [1.54, 1.807) is 18.3 Å². The smallest absolute Gasteiger partial charge is 0.270 e. The number of morpholine rings is 1. The molecule has 0 unspecified atom stereocenters. The molecule has 0 aliphatic carbocycles. The summed E-state index contributed by atoms with van der Waals surface area (Å²) < 4.78 is 5.39. The summed E-state index contributed by atoms with van der Waals surface area (Å²) in [6.07, 6.45) is 1.63. The van der Waals surface area contributed by atoms with Gasteiger partial charge in [0.05, 0.1) is 13.2 Å². The maximum absolute atomic E-state index is 12.1. The minimum absolute atomic E-state index is 0.147. The van der Waals surface area contributed by atoms with E-state index in [0.717, 1.165) is 38.4 Å². The second-order valence-corrected chi connectivity index (χ2v) is 5.55. The van der Waals surface area contributed by atoms with Crippen molar-refractivity contribution < 1.29 is 9.53 Å². The molecular weight excluding hydrogens is 290 g/mol. The standard InChI is InChI=1S/C18H21N3O2/c22-18(17-7-3-4-8-19-17)20-13-15-5-1-2-6-16(15)14-21-9-11-23-12-10-21/h1-8H,9-14H2,(H,20,22). The van der Waals surface area contributed by atoms with Crippen LogP contribution in [0.4, 0.5) is 0 Å². The van der Waals surface area contributed by atoms with Crippen molar-refractivity contribution in [2.75, 3.05) is 26.3 Å². The molecule has 1 aromatic heterocycles. The molecule has 0 spiro atoms. The molecule has 1 fully saturated rings. The number of amides is 1. The molecule has 2 heterocycles. The average Bonchev–Trinajstić information content (AvgIpc) is 2.62. The van der Waals surface area contributed by atoms with Crippen molar-refractivity contribution >= 4 is 5.91 Å². The van der Waals surface area contributed by atoms with Crippen molar-refractivity contribution in [2.45, 2.75) is 13.1 Å². The van der Waals surface area contributed by atoms with E-state index in [-0.39, 0.29) is 5.91 Å². The van der Waals surface area contributed by atoms with E-state index in [2.05, 4.69) is 27.3 Å². The molecule has 1 N–H and O–H groups in total. The van der Waals surface area contributed by atoms with Crippen LogP contribution in [0.1, 0.15) is 21.6 Å². The summed E-state index contributed by atoms with van der Waals surface area (Å²) in [5.41, 5.74) is 2.83. The second kappa shape index (κ2) is 7.85. The Hall–Kier alpha value is -2.24. The lowest BCUT2D eigenvalue weighted by Crippen LogP contribution is -2.36. The minimum Gasteiger partial charge on any atom is -0.379 e. The Bertz CT molecular complexity index is 640. The summed E-state index contributed by atoms with van der Waals surface area (Å²) in [6.45, 7) is 4.88. The number of pyridine rings is 1. The molecule has 23 heavy (non-hydrogen) atoms. The van der Waals surface area contributed by atoms with Crippen molar-refractivity contribution in [1.82, 2.24) is 15.2 Å². The predicted octanol–water partition coefficient (Wildman–Crippen LogP) is 1.84. The van der Waals surface area contributed by atoms with Crippen molar-refractivity contribution in [1.29, 1.82) is 0 Å². The number of benzene rings is 1. The highest BCUT2D eigenvalue weighted by Gasteiger charge is 2.13. The van der Waals surface area contributed by atoms with E-state index in [1.165, 1.54) is 5.56 Å². The number of nitrogens with zero attached hydrogens (tertiary/aromatic N) is 2. The van der Waals surface area contributed by atoms with Gasteiger partial charge in [-0.2, -0.15) is 0 Å². The van der Waals surface area contributed by atoms with Crippen LogP contribution >= 0.6 is 0 Å².